The smallest absolute Gasteiger partial charge is 0.303 e. The van der Waals surface area contributed by atoms with Gasteiger partial charge in [0.25, 0.3) is 0 Å². The van der Waals surface area contributed by atoms with Gasteiger partial charge in [-0.05, 0) is 31.6 Å². The lowest BCUT2D eigenvalue weighted by molar-refractivity contribution is -0.137. The second kappa shape index (κ2) is 11.7. The summed E-state index contributed by atoms with van der Waals surface area (Å²) in [4.78, 5) is 22.5. The maximum atomic E-state index is 12.1. The largest absolute Gasteiger partial charge is 0.481 e. The highest BCUT2D eigenvalue weighted by molar-refractivity contribution is 5.83. The standard InChI is InChI=1S/C19H34O3/c1-2-3-4-5-8-11-16-14-15-18(20)17(16)12-9-6-7-10-13-19(21)22/h16-17H,2-15H2,1H3,(H,21,22). The Kier molecular flexibility index (Phi) is 10.2. The van der Waals surface area contributed by atoms with Crippen molar-refractivity contribution in [3.8, 4) is 0 Å². The first-order valence-electron chi connectivity index (χ1n) is 9.39. The lowest BCUT2D eigenvalue weighted by Gasteiger charge is -2.18. The lowest BCUT2D eigenvalue weighted by Crippen LogP contribution is -2.15. The van der Waals surface area contributed by atoms with Crippen molar-refractivity contribution in [2.24, 2.45) is 11.8 Å². The van der Waals surface area contributed by atoms with Gasteiger partial charge in [0.1, 0.15) is 5.78 Å². The van der Waals surface area contributed by atoms with Crippen molar-refractivity contribution >= 4 is 11.8 Å². The van der Waals surface area contributed by atoms with Crippen LogP contribution in [0.15, 0.2) is 0 Å². The number of ketones is 1. The molecule has 1 rings (SSSR count). The predicted octanol–water partition coefficient (Wildman–Crippen LogP) is 5.37. The van der Waals surface area contributed by atoms with Gasteiger partial charge in [0.2, 0.25) is 0 Å². The SMILES string of the molecule is CCCCCCCC1CCC(=O)C1CCCCCCC(=O)O. The first-order chi connectivity index (χ1) is 10.6. The Morgan fingerprint density at radius 2 is 1.64 bits per heavy atom. The summed E-state index contributed by atoms with van der Waals surface area (Å²) in [5, 5.41) is 8.60. The molecule has 1 aliphatic rings. The minimum absolute atomic E-state index is 0.281. The summed E-state index contributed by atoms with van der Waals surface area (Å²) in [6, 6.07) is 0. The fourth-order valence-corrected chi connectivity index (χ4v) is 3.72. The number of hydrogen-bond acceptors (Lipinski definition) is 2. The summed E-state index contributed by atoms with van der Waals surface area (Å²) in [6.45, 7) is 2.24. The third-order valence-corrected chi connectivity index (χ3v) is 5.08. The molecule has 0 amide bonds. The van der Waals surface area contributed by atoms with Gasteiger partial charge in [-0.15, -0.1) is 0 Å². The van der Waals surface area contributed by atoms with Gasteiger partial charge >= 0.3 is 5.97 Å². The van der Waals surface area contributed by atoms with Crippen LogP contribution in [0.4, 0.5) is 0 Å². The van der Waals surface area contributed by atoms with E-state index in [1.807, 2.05) is 0 Å². The monoisotopic (exact) mass is 310 g/mol. The fraction of sp³-hybridized carbons (Fsp3) is 0.895. The average Bonchev–Trinajstić information content (AvgIpc) is 2.83. The van der Waals surface area contributed by atoms with E-state index in [2.05, 4.69) is 6.92 Å². The topological polar surface area (TPSA) is 54.4 Å². The Balaban J connectivity index is 2.13. The lowest BCUT2D eigenvalue weighted by atomic mass is 9.86. The zero-order valence-electron chi connectivity index (χ0n) is 14.3. The van der Waals surface area contributed by atoms with Gasteiger partial charge < -0.3 is 5.11 Å². The average molecular weight is 310 g/mol. The van der Waals surface area contributed by atoms with E-state index in [-0.39, 0.29) is 6.42 Å². The molecule has 0 aromatic rings. The van der Waals surface area contributed by atoms with Crippen LogP contribution in [0.2, 0.25) is 0 Å². The van der Waals surface area contributed by atoms with E-state index in [1.165, 1.54) is 38.5 Å². The number of carboxylic acids is 1. The molecule has 0 radical (unpaired) electrons. The van der Waals surface area contributed by atoms with Gasteiger partial charge in [0.05, 0.1) is 0 Å². The Bertz CT molecular complexity index is 325. The van der Waals surface area contributed by atoms with Crippen LogP contribution in [-0.4, -0.2) is 16.9 Å². The van der Waals surface area contributed by atoms with E-state index in [1.54, 1.807) is 0 Å². The predicted molar refractivity (Wildman–Crippen MR) is 89.9 cm³/mol. The van der Waals surface area contributed by atoms with E-state index < -0.39 is 5.97 Å². The normalized spacial score (nSPS) is 21.4. The van der Waals surface area contributed by atoms with Gasteiger partial charge in [0.15, 0.2) is 0 Å². The fourth-order valence-electron chi connectivity index (χ4n) is 3.72. The van der Waals surface area contributed by atoms with E-state index in [0.29, 0.717) is 17.6 Å². The van der Waals surface area contributed by atoms with E-state index in [4.69, 9.17) is 5.11 Å². The molecule has 1 fully saturated rings. The van der Waals surface area contributed by atoms with Crippen molar-refractivity contribution < 1.29 is 14.7 Å². The first-order valence-corrected chi connectivity index (χ1v) is 9.39. The van der Waals surface area contributed by atoms with Crippen molar-refractivity contribution in [2.75, 3.05) is 0 Å². The van der Waals surface area contributed by atoms with Gasteiger partial charge in [0, 0.05) is 18.8 Å². The summed E-state index contributed by atoms with van der Waals surface area (Å²) in [6.07, 6.45) is 14.9. The number of hydrogen-bond donors (Lipinski definition) is 1. The molecular formula is C19H34O3. The second-order valence-corrected chi connectivity index (χ2v) is 6.92. The number of rotatable bonds is 13. The molecule has 0 aromatic carbocycles. The molecule has 0 aromatic heterocycles. The number of aliphatic carboxylic acids is 1. The van der Waals surface area contributed by atoms with Gasteiger partial charge in [-0.2, -0.15) is 0 Å². The van der Waals surface area contributed by atoms with Gasteiger partial charge in [-0.1, -0.05) is 58.3 Å². The van der Waals surface area contributed by atoms with Crippen LogP contribution in [0.5, 0.6) is 0 Å². The minimum atomic E-state index is -0.700. The summed E-state index contributed by atoms with van der Waals surface area (Å²) in [7, 11) is 0. The first kappa shape index (κ1) is 19.2. The van der Waals surface area contributed by atoms with Crippen molar-refractivity contribution in [1.82, 2.24) is 0 Å². The van der Waals surface area contributed by atoms with Crippen LogP contribution < -0.4 is 0 Å². The van der Waals surface area contributed by atoms with Crippen molar-refractivity contribution in [3.05, 3.63) is 0 Å². The van der Waals surface area contributed by atoms with Crippen LogP contribution in [0.3, 0.4) is 0 Å². The molecule has 0 heterocycles. The van der Waals surface area contributed by atoms with Gasteiger partial charge in [-0.3, -0.25) is 9.59 Å². The Morgan fingerprint density at radius 1 is 1.00 bits per heavy atom. The number of carboxylic acid groups (broad SMARTS) is 1. The third-order valence-electron chi connectivity index (χ3n) is 5.08. The van der Waals surface area contributed by atoms with Crippen LogP contribution in [0.25, 0.3) is 0 Å². The summed E-state index contributed by atoms with van der Waals surface area (Å²) in [5.74, 6) is 0.733. The van der Waals surface area contributed by atoms with Crippen molar-refractivity contribution in [3.63, 3.8) is 0 Å². The Labute approximate surface area is 135 Å². The molecule has 2 atom stereocenters. The van der Waals surface area contributed by atoms with Gasteiger partial charge in [-0.25, -0.2) is 0 Å². The number of unbranched alkanes of at least 4 members (excludes halogenated alkanes) is 7. The molecule has 0 aliphatic heterocycles. The molecule has 0 spiro atoms. The second-order valence-electron chi connectivity index (χ2n) is 6.92. The van der Waals surface area contributed by atoms with Crippen molar-refractivity contribution in [1.29, 1.82) is 0 Å². The maximum absolute atomic E-state index is 12.1. The Hall–Kier alpha value is -0.860. The van der Waals surface area contributed by atoms with Crippen molar-refractivity contribution in [2.45, 2.75) is 96.8 Å². The molecule has 2 unspecified atom stereocenters. The molecule has 22 heavy (non-hydrogen) atoms. The molecule has 128 valence electrons. The molecule has 0 saturated heterocycles. The maximum Gasteiger partial charge on any atom is 0.303 e. The molecular weight excluding hydrogens is 276 g/mol. The molecule has 3 nitrogen and oxygen atoms in total. The third kappa shape index (κ3) is 7.95. The molecule has 1 N–H and O–H groups in total. The van der Waals surface area contributed by atoms with Crippen LogP contribution in [0, 0.1) is 11.8 Å². The number of carbonyl (C=O) groups excluding carboxylic acids is 1. The van der Waals surface area contributed by atoms with E-state index >= 15 is 0 Å². The quantitative estimate of drug-likeness (QED) is 0.465. The highest BCUT2D eigenvalue weighted by atomic mass is 16.4. The highest BCUT2D eigenvalue weighted by Gasteiger charge is 2.33. The Morgan fingerprint density at radius 3 is 2.32 bits per heavy atom. The number of carbonyl (C=O) groups is 2. The van der Waals surface area contributed by atoms with Crippen LogP contribution in [0.1, 0.15) is 96.8 Å². The zero-order valence-corrected chi connectivity index (χ0v) is 14.3. The minimum Gasteiger partial charge on any atom is -0.481 e. The molecule has 0 bridgehead atoms. The summed E-state index contributed by atoms with van der Waals surface area (Å²) >= 11 is 0. The van der Waals surface area contributed by atoms with E-state index in [9.17, 15) is 9.59 Å². The van der Waals surface area contributed by atoms with Crippen LogP contribution >= 0.6 is 0 Å². The highest BCUT2D eigenvalue weighted by Crippen LogP contribution is 2.36. The summed E-state index contributed by atoms with van der Waals surface area (Å²) in [5.41, 5.74) is 0. The molecule has 1 saturated carbocycles. The summed E-state index contributed by atoms with van der Waals surface area (Å²) < 4.78 is 0. The number of Topliss-reactive ketones (excluding diaryl/α,β-unsaturated/α-hetero) is 1. The molecule has 3 heteroatoms. The zero-order chi connectivity index (χ0) is 16.2. The van der Waals surface area contributed by atoms with Crippen LogP contribution in [-0.2, 0) is 9.59 Å². The molecule has 1 aliphatic carbocycles. The van der Waals surface area contributed by atoms with E-state index in [0.717, 1.165) is 44.9 Å².